The van der Waals surface area contributed by atoms with Gasteiger partial charge in [-0.2, -0.15) is 0 Å². The Bertz CT molecular complexity index is 605. The van der Waals surface area contributed by atoms with Gasteiger partial charge in [0, 0.05) is 32.1 Å². The zero-order chi connectivity index (χ0) is 16.7. The average molecular weight is 318 g/mol. The van der Waals surface area contributed by atoms with Crippen molar-refractivity contribution < 1.29 is 23.8 Å². The van der Waals surface area contributed by atoms with E-state index in [9.17, 15) is 9.59 Å². The first-order chi connectivity index (χ1) is 11.1. The van der Waals surface area contributed by atoms with Crippen LogP contribution in [-0.2, 0) is 23.8 Å². The molecule has 4 rings (SSSR count). The van der Waals surface area contributed by atoms with Gasteiger partial charge in [-0.25, -0.2) is 4.79 Å². The van der Waals surface area contributed by atoms with Crippen molar-refractivity contribution in [1.29, 1.82) is 0 Å². The normalized spacial score (nSPS) is 40.8. The second kappa shape index (κ2) is 5.73. The average Bonchev–Trinajstić information content (AvgIpc) is 3.06. The van der Waals surface area contributed by atoms with Crippen LogP contribution < -0.4 is 0 Å². The molecule has 0 unspecified atom stereocenters. The Kier molecular flexibility index (Phi) is 4.02. The zero-order valence-corrected chi connectivity index (χ0v) is 13.7. The molecule has 0 saturated heterocycles. The van der Waals surface area contributed by atoms with Crippen molar-refractivity contribution >= 4 is 11.8 Å². The number of Topliss-reactive ketones (excluding diaryl/α,β-unsaturated/α-hetero) is 1. The molecule has 0 aromatic heterocycles. The molecule has 0 aliphatic heterocycles. The van der Waals surface area contributed by atoms with Gasteiger partial charge in [0.05, 0.1) is 6.61 Å². The summed E-state index contributed by atoms with van der Waals surface area (Å²) in [7, 11) is 3.05. The number of carbonyl (C=O) groups excluding carboxylic acids is 2. The largest absolute Gasteiger partial charge is 0.463 e. The summed E-state index contributed by atoms with van der Waals surface area (Å²) in [5.41, 5.74) is -2.22. The molecule has 1 fully saturated rings. The van der Waals surface area contributed by atoms with Crippen LogP contribution in [0.1, 0.15) is 13.3 Å². The zero-order valence-electron chi connectivity index (χ0n) is 13.7. The van der Waals surface area contributed by atoms with Crippen molar-refractivity contribution in [2.24, 2.45) is 17.8 Å². The van der Waals surface area contributed by atoms with Crippen molar-refractivity contribution in [1.82, 2.24) is 0 Å². The third-order valence-corrected chi connectivity index (χ3v) is 5.35. The van der Waals surface area contributed by atoms with Crippen molar-refractivity contribution in [3.05, 3.63) is 36.5 Å². The van der Waals surface area contributed by atoms with Gasteiger partial charge in [-0.1, -0.05) is 18.2 Å². The lowest BCUT2D eigenvalue weighted by molar-refractivity contribution is -0.181. The van der Waals surface area contributed by atoms with E-state index in [2.05, 4.69) is 12.2 Å². The first-order valence-corrected chi connectivity index (χ1v) is 7.93. The summed E-state index contributed by atoms with van der Waals surface area (Å²) >= 11 is 0. The second-order valence-corrected chi connectivity index (χ2v) is 6.15. The van der Waals surface area contributed by atoms with Gasteiger partial charge in [0.1, 0.15) is 0 Å². The molecule has 0 aromatic carbocycles. The fraction of sp³-hybridized carbons (Fsp3) is 0.556. The molecule has 5 heteroatoms. The molecule has 0 radical (unpaired) electrons. The van der Waals surface area contributed by atoms with Gasteiger partial charge in [-0.15, -0.1) is 0 Å². The van der Waals surface area contributed by atoms with E-state index in [1.54, 1.807) is 20.1 Å². The van der Waals surface area contributed by atoms with Crippen molar-refractivity contribution in [2.75, 3.05) is 20.8 Å². The minimum absolute atomic E-state index is 0.0225. The molecule has 124 valence electrons. The van der Waals surface area contributed by atoms with Gasteiger partial charge in [0.2, 0.25) is 5.78 Å². The Labute approximate surface area is 136 Å². The molecule has 5 atom stereocenters. The monoisotopic (exact) mass is 318 g/mol. The summed E-state index contributed by atoms with van der Waals surface area (Å²) in [5, 5.41) is 0. The maximum absolute atomic E-state index is 13.3. The third kappa shape index (κ3) is 2.07. The van der Waals surface area contributed by atoms with Crippen LogP contribution in [0.15, 0.2) is 36.5 Å². The van der Waals surface area contributed by atoms with Crippen LogP contribution in [0.2, 0.25) is 0 Å². The van der Waals surface area contributed by atoms with Gasteiger partial charge in [-0.3, -0.25) is 4.79 Å². The Hall–Kier alpha value is -1.72. The van der Waals surface area contributed by atoms with E-state index in [-0.39, 0.29) is 30.1 Å². The van der Waals surface area contributed by atoms with Crippen molar-refractivity contribution in [3.63, 3.8) is 0 Å². The molecule has 0 aromatic rings. The lowest BCUT2D eigenvalue weighted by atomic mass is 9.53. The number of esters is 1. The van der Waals surface area contributed by atoms with Crippen LogP contribution in [0.5, 0.6) is 0 Å². The van der Waals surface area contributed by atoms with Gasteiger partial charge >= 0.3 is 5.97 Å². The van der Waals surface area contributed by atoms with Gasteiger partial charge < -0.3 is 14.2 Å². The summed E-state index contributed by atoms with van der Waals surface area (Å²) in [5.74, 6) is -0.507. The molecule has 4 aliphatic rings. The molecule has 1 saturated carbocycles. The molecule has 0 spiro atoms. The molecule has 2 bridgehead atoms. The van der Waals surface area contributed by atoms with Gasteiger partial charge in [-0.05, 0) is 31.4 Å². The maximum atomic E-state index is 13.3. The highest BCUT2D eigenvalue weighted by atomic mass is 16.5. The maximum Gasteiger partial charge on any atom is 0.330 e. The first kappa shape index (κ1) is 16.1. The molecule has 0 amide bonds. The fourth-order valence-corrected chi connectivity index (χ4v) is 4.31. The van der Waals surface area contributed by atoms with E-state index >= 15 is 0 Å². The van der Waals surface area contributed by atoms with E-state index in [1.807, 2.05) is 12.2 Å². The summed E-state index contributed by atoms with van der Waals surface area (Å²) in [6.07, 6.45) is 11.7. The summed E-state index contributed by atoms with van der Waals surface area (Å²) < 4.78 is 16.3. The smallest absolute Gasteiger partial charge is 0.330 e. The molecular formula is C18H22O5. The number of ether oxygens (including phenoxy) is 3. The first-order valence-electron chi connectivity index (χ1n) is 7.93. The third-order valence-electron chi connectivity index (χ3n) is 5.35. The Morgan fingerprint density at radius 1 is 1.30 bits per heavy atom. The fourth-order valence-electron chi connectivity index (χ4n) is 4.31. The van der Waals surface area contributed by atoms with Crippen molar-refractivity contribution in [2.45, 2.75) is 24.5 Å². The quantitative estimate of drug-likeness (QED) is 0.440. The Morgan fingerprint density at radius 3 is 2.74 bits per heavy atom. The number of fused-ring (bicyclic) bond motifs is 1. The lowest BCUT2D eigenvalue weighted by Gasteiger charge is -2.55. The molecular weight excluding hydrogens is 296 g/mol. The number of allylic oxidation sites excluding steroid dienone is 1. The molecule has 0 heterocycles. The minimum Gasteiger partial charge on any atom is -0.463 e. The number of ketones is 1. The standard InChI is InChI=1S/C18H22O5/c1-4-23-15(19)9-11-18(22-3)14-8-10-17(21-2,16(18)20)13-7-5-6-12(13)14/h5,7-14H,4,6H2,1-3H3/b11-9+/t12-,13+,14-,17-,18+/m0/s1. The molecule has 0 N–H and O–H groups in total. The highest BCUT2D eigenvalue weighted by Crippen LogP contribution is 2.56. The van der Waals surface area contributed by atoms with Crippen LogP contribution >= 0.6 is 0 Å². The summed E-state index contributed by atoms with van der Waals surface area (Å²) in [6.45, 7) is 2.03. The van der Waals surface area contributed by atoms with E-state index in [4.69, 9.17) is 14.2 Å². The SMILES string of the molecule is CCOC(=O)/C=C/[C@]1(OC)C(=O)[C@]2(OC)C=C[C@H]1[C@H]1CC=C[C@H]12. The predicted octanol–water partition coefficient (Wildman–Crippen LogP) is 1.84. The second-order valence-electron chi connectivity index (χ2n) is 6.15. The van der Waals surface area contributed by atoms with E-state index in [0.717, 1.165) is 6.42 Å². The number of hydrogen-bond acceptors (Lipinski definition) is 5. The molecule has 4 aliphatic carbocycles. The number of carbonyl (C=O) groups is 2. The molecule has 23 heavy (non-hydrogen) atoms. The van der Waals surface area contributed by atoms with Gasteiger partial charge in [0.25, 0.3) is 0 Å². The number of hydrogen-bond donors (Lipinski definition) is 0. The topological polar surface area (TPSA) is 61.8 Å². The van der Waals surface area contributed by atoms with E-state index in [0.29, 0.717) is 0 Å². The predicted molar refractivity (Wildman–Crippen MR) is 83.6 cm³/mol. The van der Waals surface area contributed by atoms with Gasteiger partial charge in [0.15, 0.2) is 11.2 Å². The number of methoxy groups -OCH3 is 2. The van der Waals surface area contributed by atoms with Crippen molar-refractivity contribution in [3.8, 4) is 0 Å². The van der Waals surface area contributed by atoms with Crippen LogP contribution in [0.3, 0.4) is 0 Å². The number of rotatable bonds is 5. The highest BCUT2D eigenvalue weighted by molar-refractivity contribution is 6.02. The van der Waals surface area contributed by atoms with Crippen LogP contribution in [0, 0.1) is 17.8 Å². The minimum atomic E-state index is -1.19. The highest BCUT2D eigenvalue weighted by Gasteiger charge is 2.67. The van der Waals surface area contributed by atoms with Crippen LogP contribution in [-0.4, -0.2) is 43.8 Å². The van der Waals surface area contributed by atoms with Crippen LogP contribution in [0.4, 0.5) is 0 Å². The summed E-state index contributed by atoms with van der Waals surface area (Å²) in [6, 6.07) is 0. The van der Waals surface area contributed by atoms with E-state index in [1.165, 1.54) is 13.2 Å². The Morgan fingerprint density at radius 2 is 2.09 bits per heavy atom. The van der Waals surface area contributed by atoms with E-state index < -0.39 is 17.2 Å². The van der Waals surface area contributed by atoms with Crippen LogP contribution in [0.25, 0.3) is 0 Å². The summed E-state index contributed by atoms with van der Waals surface area (Å²) in [4.78, 5) is 25.0. The Balaban J connectivity index is 2.04. The lowest BCUT2D eigenvalue weighted by Crippen LogP contribution is -2.69. The molecule has 5 nitrogen and oxygen atoms in total.